The van der Waals surface area contributed by atoms with E-state index in [1.165, 1.54) is 4.90 Å². The highest BCUT2D eigenvalue weighted by Gasteiger charge is 2.55. The Morgan fingerprint density at radius 1 is 1.27 bits per heavy atom. The second-order valence-corrected chi connectivity index (χ2v) is 9.64. The molecule has 37 heavy (non-hydrogen) atoms. The van der Waals surface area contributed by atoms with Crippen molar-refractivity contribution in [1.29, 1.82) is 0 Å². The summed E-state index contributed by atoms with van der Waals surface area (Å²) in [6, 6.07) is 8.64. The van der Waals surface area contributed by atoms with Gasteiger partial charge in [-0.3, -0.25) is 19.4 Å². The van der Waals surface area contributed by atoms with Gasteiger partial charge in [0.1, 0.15) is 11.9 Å². The van der Waals surface area contributed by atoms with Gasteiger partial charge in [-0.25, -0.2) is 14.8 Å². The number of likely N-dealkylation sites (tertiary alicyclic amines) is 1. The molecule has 1 aromatic carbocycles. The zero-order valence-electron chi connectivity index (χ0n) is 21.2. The van der Waals surface area contributed by atoms with E-state index in [2.05, 4.69) is 15.3 Å². The first-order chi connectivity index (χ1) is 17.6. The number of imide groups is 1. The molecule has 0 radical (unpaired) electrons. The van der Waals surface area contributed by atoms with E-state index in [-0.39, 0.29) is 12.5 Å². The fourth-order valence-electron chi connectivity index (χ4n) is 4.74. The fourth-order valence-corrected chi connectivity index (χ4v) is 4.94. The van der Waals surface area contributed by atoms with Crippen molar-refractivity contribution < 1.29 is 14.4 Å². The molecule has 0 saturated carbocycles. The van der Waals surface area contributed by atoms with Gasteiger partial charge in [-0.1, -0.05) is 30.7 Å². The number of aryl methyl sites for hydroxylation is 2. The molecule has 1 unspecified atom stereocenters. The van der Waals surface area contributed by atoms with E-state index in [1.807, 2.05) is 19.1 Å². The molecule has 1 fully saturated rings. The summed E-state index contributed by atoms with van der Waals surface area (Å²) >= 11 is 6.14. The van der Waals surface area contributed by atoms with Crippen LogP contribution < -0.4 is 16.0 Å². The zero-order chi connectivity index (χ0) is 26.9. The monoisotopic (exact) mass is 523 g/mol. The molecule has 1 aliphatic heterocycles. The van der Waals surface area contributed by atoms with Gasteiger partial charge in [0.2, 0.25) is 11.9 Å². The number of amides is 4. The molecule has 0 aliphatic carbocycles. The van der Waals surface area contributed by atoms with Crippen LogP contribution in [0.1, 0.15) is 36.2 Å². The van der Waals surface area contributed by atoms with Crippen molar-refractivity contribution in [3.8, 4) is 0 Å². The number of halogens is 1. The van der Waals surface area contributed by atoms with E-state index < -0.39 is 29.8 Å². The van der Waals surface area contributed by atoms with Gasteiger partial charge in [0.25, 0.3) is 5.91 Å². The molecule has 0 bridgehead atoms. The predicted molar refractivity (Wildman–Crippen MR) is 141 cm³/mol. The highest BCUT2D eigenvalue weighted by molar-refractivity contribution is 6.30. The minimum atomic E-state index is -1.01. The van der Waals surface area contributed by atoms with Gasteiger partial charge < -0.3 is 15.6 Å². The predicted octanol–water partition coefficient (Wildman–Crippen LogP) is 3.25. The lowest BCUT2D eigenvalue weighted by molar-refractivity contribution is -0.156. The SMILES string of the molecule is CCC(NC(=O)N1C(=O)[C@H](Cc2cc(C)nc(N)c2)[C@H]1C(=O)N(C)c1nccn1C)c1cccc(Cl)c1. The molecule has 194 valence electrons. The number of nitrogens with one attached hydrogen (secondary N) is 1. The van der Waals surface area contributed by atoms with E-state index in [4.69, 9.17) is 17.3 Å². The number of benzene rings is 1. The average molecular weight is 524 g/mol. The van der Waals surface area contributed by atoms with Gasteiger partial charge in [0, 0.05) is 37.2 Å². The highest BCUT2D eigenvalue weighted by atomic mass is 35.5. The first kappa shape index (κ1) is 26.2. The summed E-state index contributed by atoms with van der Waals surface area (Å²) in [5.41, 5.74) is 8.18. The van der Waals surface area contributed by atoms with Crippen LogP contribution in [0, 0.1) is 12.8 Å². The van der Waals surface area contributed by atoms with Crippen LogP contribution >= 0.6 is 11.6 Å². The molecule has 11 heteroatoms. The summed E-state index contributed by atoms with van der Waals surface area (Å²) in [5, 5.41) is 3.44. The lowest BCUT2D eigenvalue weighted by atomic mass is 9.81. The van der Waals surface area contributed by atoms with E-state index >= 15 is 0 Å². The molecule has 3 aromatic rings. The van der Waals surface area contributed by atoms with Crippen molar-refractivity contribution in [2.45, 2.75) is 38.8 Å². The van der Waals surface area contributed by atoms with Crippen molar-refractivity contribution in [3.63, 3.8) is 0 Å². The standard InChI is InChI=1S/C26H30ClN7O3/c1-5-20(17-7-6-8-18(27)14-17)31-26(37)34-22(24(36)33(4)25-29-9-10-32(25)3)19(23(34)35)12-16-11-15(2)30-21(28)13-16/h6-11,13-14,19-20,22H,5,12H2,1-4H3,(H2,28,30)(H,31,37)/t19-,20?,22+/m1/s1. The van der Waals surface area contributed by atoms with E-state index in [0.29, 0.717) is 28.9 Å². The van der Waals surface area contributed by atoms with Crippen LogP contribution in [0.2, 0.25) is 5.02 Å². The van der Waals surface area contributed by atoms with Gasteiger partial charge >= 0.3 is 6.03 Å². The molecule has 1 aliphatic rings. The number of carbonyl (C=O) groups is 3. The molecule has 2 aromatic heterocycles. The minimum Gasteiger partial charge on any atom is -0.384 e. The van der Waals surface area contributed by atoms with Crippen LogP contribution in [0.15, 0.2) is 48.8 Å². The molecule has 4 amide bonds. The third-order valence-corrected chi connectivity index (χ3v) is 6.79. The summed E-state index contributed by atoms with van der Waals surface area (Å²) in [4.78, 5) is 51.2. The summed E-state index contributed by atoms with van der Waals surface area (Å²) in [6.07, 6.45) is 4.10. The number of nitrogen functional groups attached to an aromatic ring is 1. The number of urea groups is 1. The van der Waals surface area contributed by atoms with Crippen molar-refractivity contribution in [1.82, 2.24) is 24.8 Å². The Hall–Kier alpha value is -3.92. The molecule has 3 heterocycles. The summed E-state index contributed by atoms with van der Waals surface area (Å²) < 4.78 is 1.69. The molecule has 0 spiro atoms. The van der Waals surface area contributed by atoms with Crippen LogP contribution in [0.3, 0.4) is 0 Å². The smallest absolute Gasteiger partial charge is 0.325 e. The molecule has 1 saturated heterocycles. The third-order valence-electron chi connectivity index (χ3n) is 6.56. The number of pyridine rings is 1. The summed E-state index contributed by atoms with van der Waals surface area (Å²) in [5.74, 6) is -0.857. The molecule has 3 atom stereocenters. The number of likely N-dealkylation sites (N-methyl/N-ethyl adjacent to an activating group) is 1. The number of carbonyl (C=O) groups excluding carboxylic acids is 3. The van der Waals surface area contributed by atoms with Crippen LogP contribution in [0.25, 0.3) is 0 Å². The zero-order valence-corrected chi connectivity index (χ0v) is 21.9. The number of hydrogen-bond acceptors (Lipinski definition) is 6. The number of nitrogens with zero attached hydrogens (tertiary/aromatic N) is 5. The maximum absolute atomic E-state index is 13.7. The van der Waals surface area contributed by atoms with Crippen molar-refractivity contribution >= 4 is 41.2 Å². The maximum atomic E-state index is 13.7. The number of nitrogens with two attached hydrogens (primary N) is 1. The largest absolute Gasteiger partial charge is 0.384 e. The minimum absolute atomic E-state index is 0.243. The average Bonchev–Trinajstić information content (AvgIpc) is 3.28. The van der Waals surface area contributed by atoms with Crippen molar-refractivity contribution in [2.75, 3.05) is 17.7 Å². The van der Waals surface area contributed by atoms with Crippen LogP contribution in [-0.4, -0.2) is 50.4 Å². The molecular weight excluding hydrogens is 494 g/mol. The Kier molecular flexibility index (Phi) is 7.49. The number of imidazole rings is 1. The molecule has 10 nitrogen and oxygen atoms in total. The van der Waals surface area contributed by atoms with Crippen LogP contribution in [-0.2, 0) is 23.1 Å². The third kappa shape index (κ3) is 5.29. The van der Waals surface area contributed by atoms with Gasteiger partial charge in [-0.05, 0) is 55.2 Å². The second-order valence-electron chi connectivity index (χ2n) is 9.21. The van der Waals surface area contributed by atoms with Crippen molar-refractivity contribution in [2.24, 2.45) is 13.0 Å². The van der Waals surface area contributed by atoms with E-state index in [9.17, 15) is 14.4 Å². The molecule has 4 rings (SSSR count). The second kappa shape index (κ2) is 10.6. The van der Waals surface area contributed by atoms with Gasteiger partial charge in [-0.15, -0.1) is 0 Å². The van der Waals surface area contributed by atoms with Crippen LogP contribution in [0.4, 0.5) is 16.6 Å². The number of hydrogen-bond donors (Lipinski definition) is 2. The molecule has 3 N–H and O–H groups in total. The summed E-state index contributed by atoms with van der Waals surface area (Å²) in [6.45, 7) is 3.72. The van der Waals surface area contributed by atoms with Crippen LogP contribution in [0.5, 0.6) is 0 Å². The number of aromatic nitrogens is 3. The fraction of sp³-hybridized carbons (Fsp3) is 0.346. The normalized spacial score (nSPS) is 17.8. The Morgan fingerprint density at radius 2 is 2.03 bits per heavy atom. The lowest BCUT2D eigenvalue weighted by Gasteiger charge is -2.45. The maximum Gasteiger partial charge on any atom is 0.325 e. The van der Waals surface area contributed by atoms with Gasteiger partial charge in [-0.2, -0.15) is 0 Å². The Bertz CT molecular complexity index is 1320. The lowest BCUT2D eigenvalue weighted by Crippen LogP contribution is -2.70. The van der Waals surface area contributed by atoms with E-state index in [1.54, 1.807) is 62.2 Å². The number of β-lactam (4-membered cyclic amide) rings is 1. The van der Waals surface area contributed by atoms with Gasteiger partial charge in [0.05, 0.1) is 12.0 Å². The summed E-state index contributed by atoms with van der Waals surface area (Å²) in [7, 11) is 3.34. The molecular formula is C26H30ClN7O3. The van der Waals surface area contributed by atoms with Gasteiger partial charge in [0.15, 0.2) is 0 Å². The quantitative estimate of drug-likeness (QED) is 0.458. The Morgan fingerprint density at radius 3 is 2.65 bits per heavy atom. The number of anilines is 2. The van der Waals surface area contributed by atoms with Crippen molar-refractivity contribution in [3.05, 3.63) is 70.6 Å². The topological polar surface area (TPSA) is 126 Å². The highest BCUT2D eigenvalue weighted by Crippen LogP contribution is 2.33. The first-order valence-electron chi connectivity index (χ1n) is 12.0. The Balaban J connectivity index is 1.62. The van der Waals surface area contributed by atoms with E-state index in [0.717, 1.165) is 16.0 Å². The Labute approximate surface area is 220 Å². The first-order valence-corrected chi connectivity index (χ1v) is 12.4. The number of rotatable bonds is 7.